The van der Waals surface area contributed by atoms with Crippen molar-refractivity contribution in [2.24, 2.45) is 0 Å². The Morgan fingerprint density at radius 3 is 2.46 bits per heavy atom. The molecule has 0 bridgehead atoms. The van der Waals surface area contributed by atoms with Crippen LogP contribution in [0.1, 0.15) is 23.4 Å². The predicted octanol–water partition coefficient (Wildman–Crippen LogP) is 4.46. The van der Waals surface area contributed by atoms with Gasteiger partial charge in [0.15, 0.2) is 0 Å². The van der Waals surface area contributed by atoms with Crippen molar-refractivity contribution >= 4 is 17.3 Å². The zero-order chi connectivity index (χ0) is 19.9. The number of benzene rings is 2. The lowest BCUT2D eigenvalue weighted by atomic mass is 10.1. The Hall–Kier alpha value is -3.90. The summed E-state index contributed by atoms with van der Waals surface area (Å²) in [5, 5.41) is 22.2. The summed E-state index contributed by atoms with van der Waals surface area (Å²) in [5.41, 5.74) is 4.14. The summed E-state index contributed by atoms with van der Waals surface area (Å²) in [6.45, 7) is 2.67. The van der Waals surface area contributed by atoms with Crippen LogP contribution >= 0.6 is 0 Å². The second-order valence-electron chi connectivity index (χ2n) is 6.38. The van der Waals surface area contributed by atoms with Gasteiger partial charge in [0.05, 0.1) is 12.5 Å². The minimum Gasteiger partial charge on any atom is -0.374 e. The Labute approximate surface area is 164 Å². The molecule has 0 saturated carbocycles. The Kier molecular flexibility index (Phi) is 5.84. The van der Waals surface area contributed by atoms with Crippen LogP contribution in [0.2, 0.25) is 0 Å². The van der Waals surface area contributed by atoms with Crippen LogP contribution in [0.15, 0.2) is 53.1 Å². The van der Waals surface area contributed by atoms with Gasteiger partial charge in [0, 0.05) is 24.8 Å². The molecule has 0 atom stereocenters. The van der Waals surface area contributed by atoms with Crippen molar-refractivity contribution in [1.82, 2.24) is 10.1 Å². The van der Waals surface area contributed by atoms with Crippen molar-refractivity contribution < 1.29 is 4.52 Å². The van der Waals surface area contributed by atoms with Gasteiger partial charge in [-0.25, -0.2) is 0 Å². The zero-order valence-electron chi connectivity index (χ0n) is 15.8. The van der Waals surface area contributed by atoms with E-state index < -0.39 is 0 Å². The van der Waals surface area contributed by atoms with Crippen LogP contribution in [0.25, 0.3) is 23.0 Å². The summed E-state index contributed by atoms with van der Waals surface area (Å²) >= 11 is 0. The Balaban J connectivity index is 1.80. The van der Waals surface area contributed by atoms with Gasteiger partial charge in [-0.1, -0.05) is 47.1 Å². The van der Waals surface area contributed by atoms with Crippen LogP contribution in [0.5, 0.6) is 0 Å². The molecule has 0 aliphatic rings. The quantitative estimate of drug-likeness (QED) is 0.596. The minimum atomic E-state index is 0.188. The van der Waals surface area contributed by atoms with E-state index in [0.717, 1.165) is 22.4 Å². The predicted molar refractivity (Wildman–Crippen MR) is 108 cm³/mol. The molecule has 1 heterocycles. The number of allylic oxidation sites excluding steroid dienone is 1. The van der Waals surface area contributed by atoms with Crippen molar-refractivity contribution in [2.75, 3.05) is 18.5 Å². The van der Waals surface area contributed by atoms with Gasteiger partial charge in [-0.2, -0.15) is 15.5 Å². The number of nitrogens with zero attached hydrogens (tertiary/aromatic N) is 5. The highest BCUT2D eigenvalue weighted by Crippen LogP contribution is 2.22. The third-order valence-corrected chi connectivity index (χ3v) is 4.29. The van der Waals surface area contributed by atoms with E-state index in [9.17, 15) is 5.26 Å². The van der Waals surface area contributed by atoms with Crippen molar-refractivity contribution in [1.29, 1.82) is 10.5 Å². The van der Waals surface area contributed by atoms with Crippen molar-refractivity contribution in [3.8, 4) is 23.5 Å². The molecule has 0 aliphatic carbocycles. The smallest absolute Gasteiger partial charge is 0.268 e. The van der Waals surface area contributed by atoms with E-state index in [1.165, 1.54) is 0 Å². The van der Waals surface area contributed by atoms with Gasteiger partial charge in [-0.3, -0.25) is 0 Å². The molecule has 2 aromatic carbocycles. The first kappa shape index (κ1) is 18.9. The number of aryl methyl sites for hydroxylation is 1. The van der Waals surface area contributed by atoms with E-state index in [1.54, 1.807) is 6.08 Å². The van der Waals surface area contributed by atoms with Gasteiger partial charge in [0.25, 0.3) is 5.89 Å². The molecule has 0 saturated heterocycles. The highest BCUT2D eigenvalue weighted by atomic mass is 16.5. The van der Waals surface area contributed by atoms with Gasteiger partial charge in [0.2, 0.25) is 5.82 Å². The first-order valence-electron chi connectivity index (χ1n) is 8.82. The van der Waals surface area contributed by atoms with Crippen molar-refractivity contribution in [3.63, 3.8) is 0 Å². The fourth-order valence-corrected chi connectivity index (χ4v) is 2.63. The molecule has 0 N–H and O–H groups in total. The molecule has 0 fully saturated rings. The summed E-state index contributed by atoms with van der Waals surface area (Å²) in [6, 6.07) is 19.8. The highest BCUT2D eigenvalue weighted by molar-refractivity contribution is 5.86. The molecule has 6 nitrogen and oxygen atoms in total. The van der Waals surface area contributed by atoms with E-state index in [2.05, 4.69) is 22.3 Å². The molecule has 138 valence electrons. The molecule has 6 heteroatoms. The Bertz CT molecular complexity index is 1050. The number of anilines is 1. The van der Waals surface area contributed by atoms with Crippen LogP contribution in [0.4, 0.5) is 5.69 Å². The minimum absolute atomic E-state index is 0.188. The summed E-state index contributed by atoms with van der Waals surface area (Å²) in [5.74, 6) is 0.638. The van der Waals surface area contributed by atoms with E-state index in [-0.39, 0.29) is 5.89 Å². The third-order valence-electron chi connectivity index (χ3n) is 4.29. The molecule has 1 aromatic heterocycles. The number of rotatable bonds is 6. The van der Waals surface area contributed by atoms with Gasteiger partial charge >= 0.3 is 0 Å². The summed E-state index contributed by atoms with van der Waals surface area (Å²) in [7, 11) is 1.94. The average molecular weight is 369 g/mol. The molecule has 0 amide bonds. The van der Waals surface area contributed by atoms with E-state index in [4.69, 9.17) is 9.78 Å². The largest absolute Gasteiger partial charge is 0.374 e. The number of aromatic nitrogens is 2. The van der Waals surface area contributed by atoms with Crippen molar-refractivity contribution in [3.05, 3.63) is 65.5 Å². The van der Waals surface area contributed by atoms with Crippen LogP contribution in [-0.4, -0.2) is 23.7 Å². The van der Waals surface area contributed by atoms with Crippen molar-refractivity contribution in [2.45, 2.75) is 13.3 Å². The maximum atomic E-state index is 9.51. The number of hydrogen-bond donors (Lipinski definition) is 0. The van der Waals surface area contributed by atoms with Gasteiger partial charge in [-0.15, -0.1) is 0 Å². The lowest BCUT2D eigenvalue weighted by Gasteiger charge is -2.17. The zero-order valence-corrected chi connectivity index (χ0v) is 15.8. The fraction of sp³-hybridized carbons (Fsp3) is 0.182. The molecule has 0 radical (unpaired) electrons. The van der Waals surface area contributed by atoms with Gasteiger partial charge in [-0.05, 0) is 30.7 Å². The van der Waals surface area contributed by atoms with Crippen LogP contribution < -0.4 is 4.90 Å². The Morgan fingerprint density at radius 2 is 1.82 bits per heavy atom. The Morgan fingerprint density at radius 1 is 1.11 bits per heavy atom. The van der Waals surface area contributed by atoms with E-state index in [1.807, 2.05) is 67.4 Å². The third kappa shape index (κ3) is 4.44. The lowest BCUT2D eigenvalue weighted by Crippen LogP contribution is -2.17. The maximum absolute atomic E-state index is 9.51. The second kappa shape index (κ2) is 8.66. The summed E-state index contributed by atoms with van der Waals surface area (Å²) in [4.78, 5) is 6.36. The van der Waals surface area contributed by atoms with Gasteiger partial charge in [0.1, 0.15) is 11.6 Å². The highest BCUT2D eigenvalue weighted by Gasteiger charge is 2.13. The molecule has 28 heavy (non-hydrogen) atoms. The lowest BCUT2D eigenvalue weighted by molar-refractivity contribution is 0.409. The SMILES string of the molecule is Cc1ccc(-c2noc(/C(C#N)=C/c3ccc(N(C)CCC#N)cc3)n2)cc1. The topological polar surface area (TPSA) is 89.7 Å². The fourth-order valence-electron chi connectivity index (χ4n) is 2.63. The standard InChI is InChI=1S/C22H19N5O/c1-16-4-8-18(9-5-16)21-25-22(28-26-21)19(15-24)14-17-6-10-20(11-7-17)27(2)13-3-12-23/h4-11,14H,3,13H2,1-2H3/b19-14+. The summed E-state index contributed by atoms with van der Waals surface area (Å²) in [6.07, 6.45) is 2.18. The number of nitriles is 2. The summed E-state index contributed by atoms with van der Waals surface area (Å²) < 4.78 is 5.29. The molecular formula is C22H19N5O. The first-order chi connectivity index (χ1) is 13.6. The normalized spacial score (nSPS) is 10.9. The number of hydrogen-bond acceptors (Lipinski definition) is 6. The molecule has 0 aliphatic heterocycles. The second-order valence-corrected chi connectivity index (χ2v) is 6.38. The molecule has 3 rings (SSSR count). The molecule has 0 spiro atoms. The first-order valence-corrected chi connectivity index (χ1v) is 8.82. The molecule has 0 unspecified atom stereocenters. The maximum Gasteiger partial charge on any atom is 0.268 e. The van der Waals surface area contributed by atoms with Crippen LogP contribution in [0, 0.1) is 29.6 Å². The van der Waals surface area contributed by atoms with Gasteiger partial charge < -0.3 is 9.42 Å². The van der Waals surface area contributed by atoms with Crippen LogP contribution in [0.3, 0.4) is 0 Å². The molecule has 3 aromatic rings. The monoisotopic (exact) mass is 369 g/mol. The van der Waals surface area contributed by atoms with E-state index >= 15 is 0 Å². The van der Waals surface area contributed by atoms with E-state index in [0.29, 0.717) is 24.4 Å². The average Bonchev–Trinajstić information content (AvgIpc) is 3.21. The molecular weight excluding hydrogens is 350 g/mol. The van der Waals surface area contributed by atoms with Crippen LogP contribution in [-0.2, 0) is 0 Å².